The van der Waals surface area contributed by atoms with E-state index in [2.05, 4.69) is 9.55 Å². The van der Waals surface area contributed by atoms with Gasteiger partial charge in [0, 0.05) is 31.1 Å². The van der Waals surface area contributed by atoms with Crippen molar-refractivity contribution in [2.45, 2.75) is 32.2 Å². The van der Waals surface area contributed by atoms with E-state index in [4.69, 9.17) is 0 Å². The number of halogens is 1. The van der Waals surface area contributed by atoms with Crippen LogP contribution in [0.25, 0.3) is 11.4 Å². The molecule has 1 saturated carbocycles. The van der Waals surface area contributed by atoms with Gasteiger partial charge in [0.15, 0.2) is 0 Å². The van der Waals surface area contributed by atoms with Crippen LogP contribution in [-0.4, -0.2) is 21.3 Å². The van der Waals surface area contributed by atoms with Crippen molar-refractivity contribution in [3.63, 3.8) is 0 Å². The Morgan fingerprint density at radius 1 is 1.10 bits per heavy atom. The highest BCUT2D eigenvalue weighted by molar-refractivity contribution is 5.55. The lowest BCUT2D eigenvalue weighted by molar-refractivity contribution is 0.161. The van der Waals surface area contributed by atoms with E-state index < -0.39 is 0 Å². The molecule has 0 amide bonds. The monoisotopic (exact) mass is 288 g/mol. The van der Waals surface area contributed by atoms with Crippen LogP contribution in [0.15, 0.2) is 36.7 Å². The largest absolute Gasteiger partial charge is 0.396 e. The fraction of sp³-hybridized carbons (Fsp3) is 0.471. The Kier molecular flexibility index (Phi) is 4.34. The van der Waals surface area contributed by atoms with E-state index in [1.165, 1.54) is 12.1 Å². The maximum atomic E-state index is 13.0. The molecule has 112 valence electrons. The number of aliphatic hydroxyl groups is 1. The van der Waals surface area contributed by atoms with Crippen LogP contribution in [0.3, 0.4) is 0 Å². The van der Waals surface area contributed by atoms with Gasteiger partial charge in [-0.2, -0.15) is 0 Å². The van der Waals surface area contributed by atoms with E-state index in [-0.39, 0.29) is 5.82 Å². The van der Waals surface area contributed by atoms with Crippen LogP contribution >= 0.6 is 0 Å². The minimum absolute atomic E-state index is 0.223. The van der Waals surface area contributed by atoms with Crippen LogP contribution in [0.5, 0.6) is 0 Å². The lowest BCUT2D eigenvalue weighted by atomic mass is 9.82. The number of aromatic nitrogens is 2. The molecule has 21 heavy (non-hydrogen) atoms. The average Bonchev–Trinajstić information content (AvgIpc) is 2.97. The van der Waals surface area contributed by atoms with E-state index in [1.807, 2.05) is 6.20 Å². The standard InChI is InChI=1S/C17H21FN2O/c18-16-7-5-15(6-8-16)17-19-9-10-20(17)11-13-1-3-14(12-21)4-2-13/h5-10,13-14,21H,1-4,11-12H2. The second-order valence-electron chi connectivity index (χ2n) is 5.98. The van der Waals surface area contributed by atoms with Gasteiger partial charge in [0.1, 0.15) is 11.6 Å². The quantitative estimate of drug-likeness (QED) is 0.935. The van der Waals surface area contributed by atoms with E-state index >= 15 is 0 Å². The summed E-state index contributed by atoms with van der Waals surface area (Å²) in [6, 6.07) is 6.50. The van der Waals surface area contributed by atoms with Crippen molar-refractivity contribution in [2.24, 2.45) is 11.8 Å². The fourth-order valence-corrected chi connectivity index (χ4v) is 3.19. The summed E-state index contributed by atoms with van der Waals surface area (Å²) in [5, 5.41) is 9.20. The zero-order chi connectivity index (χ0) is 14.7. The minimum Gasteiger partial charge on any atom is -0.396 e. The Hall–Kier alpha value is -1.68. The third-order valence-corrected chi connectivity index (χ3v) is 4.50. The molecule has 1 fully saturated rings. The van der Waals surface area contributed by atoms with E-state index in [9.17, 15) is 9.50 Å². The number of aliphatic hydroxyl groups excluding tert-OH is 1. The van der Waals surface area contributed by atoms with Crippen molar-refractivity contribution < 1.29 is 9.50 Å². The molecule has 0 atom stereocenters. The molecule has 1 aliphatic rings. The van der Waals surface area contributed by atoms with Crippen LogP contribution in [0.1, 0.15) is 25.7 Å². The molecule has 3 nitrogen and oxygen atoms in total. The van der Waals surface area contributed by atoms with Crippen molar-refractivity contribution in [3.8, 4) is 11.4 Å². The number of rotatable bonds is 4. The number of imidazole rings is 1. The first kappa shape index (κ1) is 14.3. The molecule has 1 aromatic heterocycles. The molecule has 1 N–H and O–H groups in total. The van der Waals surface area contributed by atoms with Gasteiger partial charge in [0.25, 0.3) is 0 Å². The molecule has 0 bridgehead atoms. The van der Waals surface area contributed by atoms with E-state index in [1.54, 1.807) is 18.3 Å². The van der Waals surface area contributed by atoms with Gasteiger partial charge >= 0.3 is 0 Å². The Morgan fingerprint density at radius 2 is 1.76 bits per heavy atom. The SMILES string of the molecule is OCC1CCC(Cn2ccnc2-c2ccc(F)cc2)CC1. The lowest BCUT2D eigenvalue weighted by Crippen LogP contribution is -2.20. The molecule has 2 aromatic rings. The first-order chi connectivity index (χ1) is 10.3. The lowest BCUT2D eigenvalue weighted by Gasteiger charge is -2.27. The summed E-state index contributed by atoms with van der Waals surface area (Å²) in [4.78, 5) is 4.41. The van der Waals surface area contributed by atoms with Gasteiger partial charge in [-0.1, -0.05) is 0 Å². The third kappa shape index (κ3) is 3.32. The van der Waals surface area contributed by atoms with E-state index in [0.29, 0.717) is 18.4 Å². The smallest absolute Gasteiger partial charge is 0.139 e. The van der Waals surface area contributed by atoms with Crippen molar-refractivity contribution in [1.82, 2.24) is 9.55 Å². The van der Waals surface area contributed by atoms with Gasteiger partial charge in [-0.25, -0.2) is 9.37 Å². The molecular formula is C17H21FN2O. The summed E-state index contributed by atoms with van der Waals surface area (Å²) in [5.74, 6) is 1.81. The first-order valence-corrected chi connectivity index (χ1v) is 7.64. The van der Waals surface area contributed by atoms with Gasteiger partial charge in [-0.3, -0.25) is 0 Å². The van der Waals surface area contributed by atoms with Crippen molar-refractivity contribution in [2.75, 3.05) is 6.61 Å². The van der Waals surface area contributed by atoms with Crippen molar-refractivity contribution >= 4 is 0 Å². The highest BCUT2D eigenvalue weighted by atomic mass is 19.1. The van der Waals surface area contributed by atoms with Crippen molar-refractivity contribution in [3.05, 3.63) is 42.5 Å². The summed E-state index contributed by atoms with van der Waals surface area (Å²) >= 11 is 0. The molecule has 1 heterocycles. The molecular weight excluding hydrogens is 267 g/mol. The Balaban J connectivity index is 1.70. The predicted octanol–water partition coefficient (Wildman–Crippen LogP) is 3.49. The second-order valence-corrected chi connectivity index (χ2v) is 5.98. The third-order valence-electron chi connectivity index (χ3n) is 4.50. The molecule has 0 unspecified atom stereocenters. The van der Waals surface area contributed by atoms with Crippen LogP contribution in [0.2, 0.25) is 0 Å². The normalized spacial score (nSPS) is 22.4. The average molecular weight is 288 g/mol. The first-order valence-electron chi connectivity index (χ1n) is 7.64. The van der Waals surface area contributed by atoms with Crippen LogP contribution in [0, 0.1) is 17.7 Å². The van der Waals surface area contributed by atoms with Gasteiger partial charge in [-0.15, -0.1) is 0 Å². The number of hydrogen-bond donors (Lipinski definition) is 1. The van der Waals surface area contributed by atoms with E-state index in [0.717, 1.165) is 43.6 Å². The summed E-state index contributed by atoms with van der Waals surface area (Å²) in [7, 11) is 0. The Labute approximate surface area is 124 Å². The molecule has 0 radical (unpaired) electrons. The summed E-state index contributed by atoms with van der Waals surface area (Å²) in [6.45, 7) is 1.27. The Bertz CT molecular complexity index is 571. The van der Waals surface area contributed by atoms with Crippen molar-refractivity contribution in [1.29, 1.82) is 0 Å². The molecule has 3 rings (SSSR count). The molecule has 4 heteroatoms. The van der Waals surface area contributed by atoms with Gasteiger partial charge in [-0.05, 0) is 61.8 Å². The minimum atomic E-state index is -0.223. The van der Waals surface area contributed by atoms with Crippen LogP contribution in [-0.2, 0) is 6.54 Å². The summed E-state index contributed by atoms with van der Waals surface area (Å²) in [6.07, 6.45) is 8.34. The topological polar surface area (TPSA) is 38.0 Å². The molecule has 0 spiro atoms. The maximum Gasteiger partial charge on any atom is 0.139 e. The zero-order valence-corrected chi connectivity index (χ0v) is 12.1. The molecule has 0 saturated heterocycles. The van der Waals surface area contributed by atoms with Gasteiger partial charge < -0.3 is 9.67 Å². The fourth-order valence-electron chi connectivity index (χ4n) is 3.19. The van der Waals surface area contributed by atoms with Gasteiger partial charge in [0.2, 0.25) is 0 Å². The number of hydrogen-bond acceptors (Lipinski definition) is 2. The molecule has 0 aliphatic heterocycles. The number of benzene rings is 1. The molecule has 1 aliphatic carbocycles. The Morgan fingerprint density at radius 3 is 2.43 bits per heavy atom. The van der Waals surface area contributed by atoms with Crippen LogP contribution < -0.4 is 0 Å². The van der Waals surface area contributed by atoms with Crippen LogP contribution in [0.4, 0.5) is 4.39 Å². The maximum absolute atomic E-state index is 13.0. The highest BCUT2D eigenvalue weighted by Crippen LogP contribution is 2.30. The summed E-state index contributed by atoms with van der Waals surface area (Å²) in [5.41, 5.74) is 0.949. The summed E-state index contributed by atoms with van der Waals surface area (Å²) < 4.78 is 15.2. The number of nitrogens with zero attached hydrogens (tertiary/aromatic N) is 2. The predicted molar refractivity (Wildman–Crippen MR) is 80.2 cm³/mol. The highest BCUT2D eigenvalue weighted by Gasteiger charge is 2.21. The van der Waals surface area contributed by atoms with Gasteiger partial charge in [0.05, 0.1) is 0 Å². The molecule has 1 aromatic carbocycles. The zero-order valence-electron chi connectivity index (χ0n) is 12.1. The second kappa shape index (κ2) is 6.39.